The second kappa shape index (κ2) is 11.7. The van der Waals surface area contributed by atoms with Crippen LogP contribution in [0.3, 0.4) is 0 Å². The number of carbonyl (C=O) groups excluding carboxylic acids is 1. The molecule has 2 heterocycles. The number of esters is 1. The molecule has 6 nitrogen and oxygen atoms in total. The lowest BCUT2D eigenvalue weighted by atomic mass is 10.0. The van der Waals surface area contributed by atoms with E-state index < -0.39 is 11.4 Å². The Morgan fingerprint density at radius 3 is 2.73 bits per heavy atom. The number of carbonyl (C=O) groups is 1. The van der Waals surface area contributed by atoms with Crippen LogP contribution in [0.2, 0.25) is 0 Å². The second-order valence-corrected chi connectivity index (χ2v) is 12.8. The van der Waals surface area contributed by atoms with Crippen molar-refractivity contribution >= 4 is 39.6 Å². The first-order chi connectivity index (χ1) is 17.7. The van der Waals surface area contributed by atoms with Crippen molar-refractivity contribution in [2.24, 2.45) is 0 Å². The van der Waals surface area contributed by atoms with Crippen LogP contribution < -0.4 is 9.46 Å². The lowest BCUT2D eigenvalue weighted by Gasteiger charge is -2.26. The van der Waals surface area contributed by atoms with Crippen molar-refractivity contribution in [2.75, 3.05) is 6.61 Å². The molecule has 1 N–H and O–H groups in total. The number of rotatable bonds is 10. The molecule has 0 bridgehead atoms. The van der Waals surface area contributed by atoms with Crippen LogP contribution >= 0.6 is 11.3 Å². The van der Waals surface area contributed by atoms with E-state index in [0.717, 1.165) is 38.1 Å². The van der Waals surface area contributed by atoms with Crippen molar-refractivity contribution < 1.29 is 23.2 Å². The van der Waals surface area contributed by atoms with E-state index in [1.807, 2.05) is 58.0 Å². The summed E-state index contributed by atoms with van der Waals surface area (Å²) in [6.45, 7) is 10.4. The van der Waals surface area contributed by atoms with Crippen molar-refractivity contribution in [3.8, 4) is 16.9 Å². The summed E-state index contributed by atoms with van der Waals surface area (Å²) in [5, 5.41) is 3.09. The molecule has 0 saturated carbocycles. The van der Waals surface area contributed by atoms with Gasteiger partial charge in [-0.25, -0.2) is 0 Å². The second-order valence-electron chi connectivity index (χ2n) is 9.82. The molecular formula is C29H33NO5S2. The summed E-state index contributed by atoms with van der Waals surface area (Å²) in [6.07, 6.45) is 1.86. The molecule has 0 saturated heterocycles. The minimum Gasteiger partial charge on any atom is -0.598 e. The highest BCUT2D eigenvalue weighted by Crippen LogP contribution is 2.36. The Morgan fingerprint density at radius 2 is 1.97 bits per heavy atom. The van der Waals surface area contributed by atoms with Gasteiger partial charge in [0, 0.05) is 32.8 Å². The Balaban J connectivity index is 1.55. The summed E-state index contributed by atoms with van der Waals surface area (Å²) in [4.78, 5) is 13.1. The maximum absolute atomic E-state index is 12.6. The maximum Gasteiger partial charge on any atom is 0.310 e. The monoisotopic (exact) mass is 539 g/mol. The molecule has 0 radical (unpaired) electrons. The van der Waals surface area contributed by atoms with Gasteiger partial charge in [-0.3, -0.25) is 4.79 Å². The van der Waals surface area contributed by atoms with E-state index in [9.17, 15) is 9.35 Å². The molecule has 2 aromatic heterocycles. The molecule has 2 atom stereocenters. The van der Waals surface area contributed by atoms with Crippen LogP contribution in [0.15, 0.2) is 64.6 Å². The van der Waals surface area contributed by atoms with E-state index in [0.29, 0.717) is 19.0 Å². The molecule has 2 unspecified atom stereocenters. The van der Waals surface area contributed by atoms with Gasteiger partial charge < -0.3 is 18.4 Å². The van der Waals surface area contributed by atoms with Crippen LogP contribution in [-0.4, -0.2) is 21.9 Å². The van der Waals surface area contributed by atoms with Gasteiger partial charge in [-0.15, -0.1) is 16.1 Å². The fourth-order valence-electron chi connectivity index (χ4n) is 3.88. The topological polar surface area (TPSA) is 83.8 Å². The summed E-state index contributed by atoms with van der Waals surface area (Å²) in [5.74, 6) is 0.387. The molecule has 0 aliphatic carbocycles. The average Bonchev–Trinajstić information content (AvgIpc) is 3.52. The molecule has 0 aliphatic heterocycles. The van der Waals surface area contributed by atoms with Crippen molar-refractivity contribution in [1.82, 2.24) is 4.72 Å². The summed E-state index contributed by atoms with van der Waals surface area (Å²) in [5.41, 5.74) is 4.62. The fraction of sp³-hybridized carbons (Fsp3) is 0.345. The number of nitrogens with one attached hydrogen (secondary N) is 1. The summed E-state index contributed by atoms with van der Waals surface area (Å²) >= 11 is 0.472. The van der Waals surface area contributed by atoms with E-state index in [1.165, 1.54) is 0 Å². The van der Waals surface area contributed by atoms with E-state index >= 15 is 0 Å². The van der Waals surface area contributed by atoms with E-state index in [2.05, 4.69) is 28.3 Å². The van der Waals surface area contributed by atoms with Crippen LogP contribution in [0.4, 0.5) is 0 Å². The average molecular weight is 540 g/mol. The lowest BCUT2D eigenvalue weighted by molar-refractivity contribution is -0.142. The SMILES string of the molecule is CCOC(=O)Cc1ccccc1OCc1cc(-c2csc(C(C)N[S+]([O-])C(C)(C)C)c2)c2occc2c1. The zero-order valence-corrected chi connectivity index (χ0v) is 23.5. The van der Waals surface area contributed by atoms with Gasteiger partial charge >= 0.3 is 5.97 Å². The van der Waals surface area contributed by atoms with Crippen LogP contribution in [0.25, 0.3) is 22.1 Å². The third-order valence-corrected chi connectivity index (χ3v) is 8.61. The highest BCUT2D eigenvalue weighted by molar-refractivity contribution is 7.90. The largest absolute Gasteiger partial charge is 0.598 e. The van der Waals surface area contributed by atoms with Gasteiger partial charge in [0.15, 0.2) is 0 Å². The number of furan rings is 1. The highest BCUT2D eigenvalue weighted by Gasteiger charge is 2.29. The first kappa shape index (κ1) is 27.3. The molecule has 8 heteroatoms. The predicted octanol–water partition coefficient (Wildman–Crippen LogP) is 6.96. The normalized spacial score (nSPS) is 13.5. The Hall–Kier alpha value is -2.78. The van der Waals surface area contributed by atoms with Crippen molar-refractivity contribution in [3.05, 3.63) is 76.2 Å². The van der Waals surface area contributed by atoms with Crippen molar-refractivity contribution in [3.63, 3.8) is 0 Å². The van der Waals surface area contributed by atoms with Gasteiger partial charge in [0.2, 0.25) is 0 Å². The molecule has 0 spiro atoms. The van der Waals surface area contributed by atoms with Crippen molar-refractivity contribution in [2.45, 2.75) is 58.4 Å². The number of para-hydroxylation sites is 1. The number of fused-ring (bicyclic) bond motifs is 1. The van der Waals surface area contributed by atoms with E-state index in [1.54, 1.807) is 24.5 Å². The third-order valence-electron chi connectivity index (χ3n) is 5.82. The number of benzene rings is 2. The number of thiophene rings is 1. The highest BCUT2D eigenvalue weighted by atomic mass is 32.2. The number of hydrogen-bond acceptors (Lipinski definition) is 7. The molecule has 4 rings (SSSR count). The molecule has 0 amide bonds. The van der Waals surface area contributed by atoms with E-state index in [4.69, 9.17) is 13.9 Å². The standard InChI is InChI=1S/C29H33NO5S2/c1-6-33-27(31)16-21-9-7-8-10-25(21)35-17-20-13-22-11-12-34-28(22)24(14-20)23-15-26(36-18-23)19(2)30-37(32)29(3,4)5/h7-15,18-19,30H,6,16-17H2,1-5H3. The molecule has 196 valence electrons. The number of hydrogen-bond donors (Lipinski definition) is 1. The fourth-order valence-corrected chi connectivity index (χ4v) is 5.67. The first-order valence-electron chi connectivity index (χ1n) is 12.3. The molecule has 0 fully saturated rings. The van der Waals surface area contributed by atoms with Gasteiger partial charge in [0.05, 0.1) is 25.3 Å². The Kier molecular flexibility index (Phi) is 8.64. The lowest BCUT2D eigenvalue weighted by Crippen LogP contribution is -2.40. The third kappa shape index (κ3) is 6.76. The van der Waals surface area contributed by atoms with Crippen LogP contribution in [-0.2, 0) is 33.9 Å². The summed E-state index contributed by atoms with van der Waals surface area (Å²) < 4.78 is 32.5. The Labute approximate surface area is 225 Å². The smallest absolute Gasteiger partial charge is 0.310 e. The quantitative estimate of drug-likeness (QED) is 0.173. The van der Waals surface area contributed by atoms with Gasteiger partial charge in [0.1, 0.15) is 22.7 Å². The van der Waals surface area contributed by atoms with Gasteiger partial charge in [-0.05, 0) is 81.5 Å². The molecular weight excluding hydrogens is 506 g/mol. The Bertz CT molecular complexity index is 1350. The van der Waals surface area contributed by atoms with Gasteiger partial charge in [-0.1, -0.05) is 18.2 Å². The van der Waals surface area contributed by atoms with Gasteiger partial charge in [0.25, 0.3) is 0 Å². The first-order valence-corrected chi connectivity index (χ1v) is 14.3. The Morgan fingerprint density at radius 1 is 1.19 bits per heavy atom. The zero-order chi connectivity index (χ0) is 26.6. The van der Waals surface area contributed by atoms with Crippen molar-refractivity contribution in [1.29, 1.82) is 0 Å². The summed E-state index contributed by atoms with van der Waals surface area (Å²) in [6, 6.07) is 15.7. The molecule has 0 aliphatic rings. The predicted molar refractivity (Wildman–Crippen MR) is 150 cm³/mol. The van der Waals surface area contributed by atoms with Crippen LogP contribution in [0.1, 0.15) is 56.7 Å². The molecule has 37 heavy (non-hydrogen) atoms. The minimum atomic E-state index is -1.16. The maximum atomic E-state index is 12.6. The summed E-state index contributed by atoms with van der Waals surface area (Å²) in [7, 11) is 0. The van der Waals surface area contributed by atoms with Crippen LogP contribution in [0, 0.1) is 0 Å². The molecule has 4 aromatic rings. The molecule has 2 aromatic carbocycles. The number of ether oxygens (including phenoxy) is 2. The zero-order valence-electron chi connectivity index (χ0n) is 21.8. The minimum absolute atomic E-state index is 0.0479. The van der Waals surface area contributed by atoms with Crippen LogP contribution in [0.5, 0.6) is 5.75 Å². The van der Waals surface area contributed by atoms with E-state index in [-0.39, 0.29) is 23.2 Å². The van der Waals surface area contributed by atoms with Gasteiger partial charge in [-0.2, -0.15) is 0 Å².